The highest BCUT2D eigenvalue weighted by Crippen LogP contribution is 2.69. The molecule has 4 aliphatic carbocycles. The second-order valence-electron chi connectivity index (χ2n) is 9.32. The minimum Gasteiger partial charge on any atom is -0.323 e. The maximum absolute atomic E-state index is 13.3. The van der Waals surface area contributed by atoms with E-state index in [4.69, 9.17) is 0 Å². The van der Waals surface area contributed by atoms with Crippen molar-refractivity contribution in [3.05, 3.63) is 11.9 Å². The zero-order valence-electron chi connectivity index (χ0n) is 14.9. The fourth-order valence-corrected chi connectivity index (χ4v) is 6.84. The van der Waals surface area contributed by atoms with E-state index in [9.17, 15) is 4.79 Å². The van der Waals surface area contributed by atoms with E-state index in [-0.39, 0.29) is 11.3 Å². The molecule has 2 atom stereocenters. The molecule has 126 valence electrons. The van der Waals surface area contributed by atoms with Crippen molar-refractivity contribution in [3.8, 4) is 0 Å². The van der Waals surface area contributed by atoms with Crippen LogP contribution in [0, 0.1) is 29.1 Å². The number of hydrogen-bond acceptors (Lipinski definition) is 2. The minimum absolute atomic E-state index is 0.149. The molecule has 2 unspecified atom stereocenters. The number of amides is 1. The third-order valence-electron chi connectivity index (χ3n) is 6.76. The molecule has 0 spiro atoms. The van der Waals surface area contributed by atoms with Crippen LogP contribution in [0.5, 0.6) is 0 Å². The predicted molar refractivity (Wildman–Crippen MR) is 91.1 cm³/mol. The Morgan fingerprint density at radius 1 is 1.26 bits per heavy atom. The van der Waals surface area contributed by atoms with Gasteiger partial charge in [-0.2, -0.15) is 5.10 Å². The average Bonchev–Trinajstić information content (AvgIpc) is 2.75. The summed E-state index contributed by atoms with van der Waals surface area (Å²) in [6.07, 6.45) is 8.98. The van der Waals surface area contributed by atoms with Crippen molar-refractivity contribution < 1.29 is 4.79 Å². The Bertz CT molecular complexity index is 644. The van der Waals surface area contributed by atoms with Crippen molar-refractivity contribution >= 4 is 11.6 Å². The SMILES string of the molecule is CCn1ncc(NC(=O)C23CC4CC(C)(CC(C)(C4)C2)C3)c1C. The van der Waals surface area contributed by atoms with Gasteiger partial charge < -0.3 is 5.32 Å². The van der Waals surface area contributed by atoms with Gasteiger partial charge in [0.05, 0.1) is 23.0 Å². The van der Waals surface area contributed by atoms with Crippen LogP contribution < -0.4 is 5.32 Å². The van der Waals surface area contributed by atoms with Crippen LogP contribution in [0.3, 0.4) is 0 Å². The molecule has 1 heterocycles. The molecule has 0 radical (unpaired) electrons. The van der Waals surface area contributed by atoms with Crippen molar-refractivity contribution in [3.63, 3.8) is 0 Å². The van der Waals surface area contributed by atoms with Crippen LogP contribution >= 0.6 is 0 Å². The molecule has 1 aromatic rings. The minimum atomic E-state index is -0.149. The highest BCUT2D eigenvalue weighted by Gasteiger charge is 2.62. The molecule has 0 saturated heterocycles. The van der Waals surface area contributed by atoms with Gasteiger partial charge in [-0.1, -0.05) is 13.8 Å². The van der Waals surface area contributed by atoms with E-state index in [0.29, 0.717) is 10.8 Å². The molecule has 1 amide bonds. The van der Waals surface area contributed by atoms with Crippen LogP contribution in [-0.4, -0.2) is 15.7 Å². The molecule has 4 aliphatic rings. The molecule has 4 nitrogen and oxygen atoms in total. The van der Waals surface area contributed by atoms with Crippen LogP contribution in [0.4, 0.5) is 5.69 Å². The Kier molecular flexibility index (Phi) is 3.05. The molecular formula is C19H29N3O. The topological polar surface area (TPSA) is 46.9 Å². The quantitative estimate of drug-likeness (QED) is 0.911. The normalized spacial score (nSPS) is 41.3. The van der Waals surface area contributed by atoms with Crippen molar-refractivity contribution in [2.45, 2.75) is 72.8 Å². The maximum Gasteiger partial charge on any atom is 0.230 e. The summed E-state index contributed by atoms with van der Waals surface area (Å²) in [4.78, 5) is 13.3. The number of rotatable bonds is 3. The number of nitrogens with zero attached hydrogens (tertiary/aromatic N) is 2. The highest BCUT2D eigenvalue weighted by molar-refractivity contribution is 5.96. The maximum atomic E-state index is 13.3. The molecule has 5 rings (SSSR count). The van der Waals surface area contributed by atoms with E-state index >= 15 is 0 Å². The predicted octanol–water partition coefficient (Wildman–Crippen LogP) is 4.15. The standard InChI is InChI=1S/C19H29N3O/c1-5-22-13(2)15(9-20-22)21-16(23)19-8-14-6-17(3,11-19)10-18(4,7-14)12-19/h9,14H,5-8,10-12H2,1-4H3,(H,21,23). The lowest BCUT2D eigenvalue weighted by Gasteiger charge is -2.64. The van der Waals surface area contributed by atoms with Gasteiger partial charge >= 0.3 is 0 Å². The monoisotopic (exact) mass is 315 g/mol. The van der Waals surface area contributed by atoms with Crippen LogP contribution in [0.15, 0.2) is 6.20 Å². The fraction of sp³-hybridized carbons (Fsp3) is 0.789. The van der Waals surface area contributed by atoms with Gasteiger partial charge in [0.2, 0.25) is 5.91 Å². The van der Waals surface area contributed by atoms with Crippen molar-refractivity contribution in [1.29, 1.82) is 0 Å². The second kappa shape index (κ2) is 4.61. The molecule has 1 aromatic heterocycles. The molecule has 23 heavy (non-hydrogen) atoms. The zero-order chi connectivity index (χ0) is 16.5. The summed E-state index contributed by atoms with van der Waals surface area (Å²) in [7, 11) is 0. The molecule has 4 bridgehead atoms. The van der Waals surface area contributed by atoms with E-state index in [1.54, 1.807) is 6.20 Å². The van der Waals surface area contributed by atoms with Gasteiger partial charge in [0.15, 0.2) is 0 Å². The third kappa shape index (κ3) is 2.25. The second-order valence-corrected chi connectivity index (χ2v) is 9.32. The van der Waals surface area contributed by atoms with Gasteiger partial charge in [0.1, 0.15) is 0 Å². The first-order chi connectivity index (χ1) is 10.8. The molecule has 4 heteroatoms. The first-order valence-corrected chi connectivity index (χ1v) is 9.10. The first-order valence-electron chi connectivity index (χ1n) is 9.10. The van der Waals surface area contributed by atoms with E-state index in [1.165, 1.54) is 19.3 Å². The summed E-state index contributed by atoms with van der Waals surface area (Å²) in [6.45, 7) is 9.78. The van der Waals surface area contributed by atoms with Crippen LogP contribution in [0.1, 0.15) is 65.0 Å². The summed E-state index contributed by atoms with van der Waals surface area (Å²) in [5.74, 6) is 0.990. The molecule has 1 N–H and O–H groups in total. The van der Waals surface area contributed by atoms with Gasteiger partial charge in [-0.15, -0.1) is 0 Å². The largest absolute Gasteiger partial charge is 0.323 e. The van der Waals surface area contributed by atoms with E-state index in [0.717, 1.165) is 43.1 Å². The number of nitrogens with one attached hydrogen (secondary N) is 1. The third-order valence-corrected chi connectivity index (χ3v) is 6.76. The Morgan fingerprint density at radius 3 is 2.43 bits per heavy atom. The van der Waals surface area contributed by atoms with Gasteiger partial charge in [0, 0.05) is 6.54 Å². The van der Waals surface area contributed by atoms with Crippen LogP contribution in [-0.2, 0) is 11.3 Å². The number of carbonyl (C=O) groups is 1. The van der Waals surface area contributed by atoms with Crippen LogP contribution in [0.2, 0.25) is 0 Å². The lowest BCUT2D eigenvalue weighted by atomic mass is 9.40. The Labute approximate surface area is 139 Å². The van der Waals surface area contributed by atoms with Gasteiger partial charge in [-0.3, -0.25) is 9.48 Å². The zero-order valence-corrected chi connectivity index (χ0v) is 14.9. The lowest BCUT2D eigenvalue weighted by Crippen LogP contribution is -2.58. The molecule has 0 aliphatic heterocycles. The number of aromatic nitrogens is 2. The smallest absolute Gasteiger partial charge is 0.230 e. The van der Waals surface area contributed by atoms with Crippen molar-refractivity contribution in [2.75, 3.05) is 5.32 Å². The highest BCUT2D eigenvalue weighted by atomic mass is 16.2. The van der Waals surface area contributed by atoms with Gasteiger partial charge in [0.25, 0.3) is 0 Å². The molecule has 4 saturated carbocycles. The summed E-state index contributed by atoms with van der Waals surface area (Å²) < 4.78 is 1.94. The first kappa shape index (κ1) is 15.2. The summed E-state index contributed by atoms with van der Waals surface area (Å²) in [5, 5.41) is 7.60. The van der Waals surface area contributed by atoms with E-state index in [2.05, 4.69) is 31.2 Å². The van der Waals surface area contributed by atoms with Crippen molar-refractivity contribution in [1.82, 2.24) is 9.78 Å². The van der Waals surface area contributed by atoms with Gasteiger partial charge in [-0.05, 0) is 69.1 Å². The molecule has 0 aromatic carbocycles. The summed E-state index contributed by atoms with van der Waals surface area (Å²) in [6, 6.07) is 0. The summed E-state index contributed by atoms with van der Waals surface area (Å²) in [5.41, 5.74) is 2.54. The molecular weight excluding hydrogens is 286 g/mol. The fourth-order valence-electron chi connectivity index (χ4n) is 6.84. The van der Waals surface area contributed by atoms with Crippen molar-refractivity contribution in [2.24, 2.45) is 22.2 Å². The Balaban J connectivity index is 1.62. The van der Waals surface area contributed by atoms with Gasteiger partial charge in [-0.25, -0.2) is 0 Å². The summed E-state index contributed by atoms with van der Waals surface area (Å²) >= 11 is 0. The number of carbonyl (C=O) groups excluding carboxylic acids is 1. The van der Waals surface area contributed by atoms with E-state index in [1.807, 2.05) is 11.6 Å². The number of anilines is 1. The molecule has 4 fully saturated rings. The lowest BCUT2D eigenvalue weighted by molar-refractivity contribution is -0.165. The Morgan fingerprint density at radius 2 is 1.91 bits per heavy atom. The van der Waals surface area contributed by atoms with E-state index < -0.39 is 0 Å². The Hall–Kier alpha value is -1.32. The number of hydrogen-bond donors (Lipinski definition) is 1. The average molecular weight is 315 g/mol. The number of aryl methyl sites for hydroxylation is 1. The van der Waals surface area contributed by atoms with Crippen LogP contribution in [0.25, 0.3) is 0 Å².